The lowest BCUT2D eigenvalue weighted by atomic mass is 9.95. The topological polar surface area (TPSA) is 59.7 Å². The monoisotopic (exact) mass is 456 g/mol. The number of rotatable bonds is 8. The molecule has 0 spiro atoms. The largest absolute Gasteiger partial charge is 0.280 e. The molecule has 1 aliphatic rings. The second-order valence-electron chi connectivity index (χ2n) is 8.95. The van der Waals surface area contributed by atoms with Crippen molar-refractivity contribution in [2.75, 3.05) is 0 Å². The molecule has 0 aliphatic heterocycles. The summed E-state index contributed by atoms with van der Waals surface area (Å²) in [6, 6.07) is 23.1. The Morgan fingerprint density at radius 3 is 2.26 bits per heavy atom. The Morgan fingerprint density at radius 2 is 1.56 bits per heavy atom. The molecule has 7 heteroatoms. The zero-order valence-corrected chi connectivity index (χ0v) is 19.2. The van der Waals surface area contributed by atoms with Crippen molar-refractivity contribution in [1.29, 1.82) is 0 Å². The van der Waals surface area contributed by atoms with Gasteiger partial charge < -0.3 is 0 Å². The molecule has 0 amide bonds. The molecule has 2 aromatic heterocycles. The van der Waals surface area contributed by atoms with Crippen molar-refractivity contribution in [2.45, 2.75) is 57.3 Å². The highest BCUT2D eigenvalue weighted by Crippen LogP contribution is 2.34. The van der Waals surface area contributed by atoms with Crippen LogP contribution in [0.5, 0.6) is 0 Å². The lowest BCUT2D eigenvalue weighted by Gasteiger charge is -2.32. The van der Waals surface area contributed by atoms with Gasteiger partial charge in [0.2, 0.25) is 0 Å². The molecule has 1 aliphatic carbocycles. The van der Waals surface area contributed by atoms with Crippen LogP contribution < -0.4 is 0 Å². The van der Waals surface area contributed by atoms with E-state index in [0.29, 0.717) is 19.1 Å². The third kappa shape index (κ3) is 5.20. The van der Waals surface area contributed by atoms with Crippen molar-refractivity contribution >= 4 is 0 Å². The minimum absolute atomic E-state index is 0.235. The van der Waals surface area contributed by atoms with Gasteiger partial charge in [-0.2, -0.15) is 0 Å². The van der Waals surface area contributed by atoms with Crippen LogP contribution in [0.4, 0.5) is 4.39 Å². The minimum Gasteiger partial charge on any atom is -0.280 e. The third-order valence-electron chi connectivity index (χ3n) is 6.54. The van der Waals surface area contributed by atoms with Crippen LogP contribution in [-0.4, -0.2) is 30.1 Å². The van der Waals surface area contributed by atoms with E-state index in [9.17, 15) is 4.39 Å². The van der Waals surface area contributed by atoms with Crippen molar-refractivity contribution in [3.05, 3.63) is 107 Å². The Bertz CT molecular complexity index is 1160. The van der Waals surface area contributed by atoms with Gasteiger partial charge in [0.1, 0.15) is 11.9 Å². The van der Waals surface area contributed by atoms with Crippen LogP contribution in [0, 0.1) is 5.82 Å². The van der Waals surface area contributed by atoms with Crippen LogP contribution in [0.15, 0.2) is 79.0 Å². The fourth-order valence-electron chi connectivity index (χ4n) is 4.87. The standard InChI is InChI=1S/C27H29FN6/c28-23-16-14-22(15-17-23)20-33(19-21-9-3-1-4-10-21)26(25-13-7-8-18-29-25)27-30-31-32-34(27)24-11-5-2-6-12-24/h1,3-4,7-10,13-18,24,26H,2,5-6,11-12,19-20H2/t26-/m1/s1. The summed E-state index contributed by atoms with van der Waals surface area (Å²) in [5.74, 6) is 0.574. The van der Waals surface area contributed by atoms with E-state index in [1.165, 1.54) is 37.0 Å². The van der Waals surface area contributed by atoms with Crippen molar-refractivity contribution in [2.24, 2.45) is 0 Å². The van der Waals surface area contributed by atoms with Crippen LogP contribution in [-0.2, 0) is 13.1 Å². The summed E-state index contributed by atoms with van der Waals surface area (Å²) in [7, 11) is 0. The summed E-state index contributed by atoms with van der Waals surface area (Å²) in [6.07, 6.45) is 7.65. The Balaban J connectivity index is 1.57. The Hall–Kier alpha value is -3.45. The number of pyridine rings is 1. The molecule has 0 unspecified atom stereocenters. The molecular weight excluding hydrogens is 427 g/mol. The van der Waals surface area contributed by atoms with Crippen LogP contribution in [0.2, 0.25) is 0 Å². The minimum atomic E-state index is -0.247. The van der Waals surface area contributed by atoms with Crippen LogP contribution >= 0.6 is 0 Å². The Morgan fingerprint density at radius 1 is 0.853 bits per heavy atom. The summed E-state index contributed by atoms with van der Waals surface area (Å²) in [5.41, 5.74) is 3.10. The van der Waals surface area contributed by atoms with Gasteiger partial charge in [-0.1, -0.05) is 67.8 Å². The molecule has 34 heavy (non-hydrogen) atoms. The van der Waals surface area contributed by atoms with Crippen LogP contribution in [0.25, 0.3) is 0 Å². The number of halogens is 1. The zero-order valence-electron chi connectivity index (χ0n) is 19.2. The molecule has 5 rings (SSSR count). The molecule has 1 saturated carbocycles. The molecule has 6 nitrogen and oxygen atoms in total. The number of hydrogen-bond donors (Lipinski definition) is 0. The first-order valence-electron chi connectivity index (χ1n) is 12.0. The lowest BCUT2D eigenvalue weighted by molar-refractivity contribution is 0.184. The Labute approximate surface area is 199 Å². The zero-order chi connectivity index (χ0) is 23.2. The van der Waals surface area contributed by atoms with Crippen molar-refractivity contribution in [3.63, 3.8) is 0 Å². The van der Waals surface area contributed by atoms with Crippen LogP contribution in [0.3, 0.4) is 0 Å². The summed E-state index contributed by atoms with van der Waals surface area (Å²) >= 11 is 0. The van der Waals surface area contributed by atoms with Crippen molar-refractivity contribution < 1.29 is 4.39 Å². The average molecular weight is 457 g/mol. The summed E-state index contributed by atoms with van der Waals surface area (Å²) in [4.78, 5) is 7.06. The van der Waals surface area contributed by atoms with E-state index in [1.54, 1.807) is 0 Å². The predicted molar refractivity (Wildman–Crippen MR) is 128 cm³/mol. The molecule has 174 valence electrons. The molecule has 0 N–H and O–H groups in total. The molecule has 1 fully saturated rings. The van der Waals surface area contributed by atoms with Gasteiger partial charge in [-0.05, 0) is 58.7 Å². The summed E-state index contributed by atoms with van der Waals surface area (Å²) in [5, 5.41) is 13.1. The van der Waals surface area contributed by atoms with Gasteiger partial charge in [0.05, 0.1) is 11.7 Å². The van der Waals surface area contributed by atoms with E-state index in [2.05, 4.69) is 32.6 Å². The molecule has 2 aromatic carbocycles. The fraction of sp³-hybridized carbons (Fsp3) is 0.333. The average Bonchev–Trinajstić information content (AvgIpc) is 3.37. The van der Waals surface area contributed by atoms with E-state index < -0.39 is 0 Å². The number of tetrazole rings is 1. The first-order valence-corrected chi connectivity index (χ1v) is 12.0. The summed E-state index contributed by atoms with van der Waals surface area (Å²) in [6.45, 7) is 1.28. The molecule has 4 aromatic rings. The van der Waals surface area contributed by atoms with E-state index in [0.717, 1.165) is 29.9 Å². The van der Waals surface area contributed by atoms with Crippen molar-refractivity contribution in [1.82, 2.24) is 30.1 Å². The highest BCUT2D eigenvalue weighted by Gasteiger charge is 2.32. The quantitative estimate of drug-likeness (QED) is 0.350. The summed E-state index contributed by atoms with van der Waals surface area (Å²) < 4.78 is 15.7. The first-order chi connectivity index (χ1) is 16.8. The maximum absolute atomic E-state index is 13.6. The molecular formula is C27H29FN6. The number of hydrogen-bond acceptors (Lipinski definition) is 5. The third-order valence-corrected chi connectivity index (χ3v) is 6.54. The van der Waals surface area contributed by atoms with Crippen molar-refractivity contribution in [3.8, 4) is 0 Å². The number of nitrogens with zero attached hydrogens (tertiary/aromatic N) is 6. The second kappa shape index (κ2) is 10.7. The van der Waals surface area contributed by atoms with Gasteiger partial charge in [0, 0.05) is 19.3 Å². The van der Waals surface area contributed by atoms with Gasteiger partial charge >= 0.3 is 0 Å². The molecule has 0 radical (unpaired) electrons. The highest BCUT2D eigenvalue weighted by atomic mass is 19.1. The maximum Gasteiger partial charge on any atom is 0.174 e. The smallest absolute Gasteiger partial charge is 0.174 e. The van der Waals surface area contributed by atoms with E-state index in [1.807, 2.05) is 59.4 Å². The Kier molecular flexibility index (Phi) is 7.00. The molecule has 1 atom stereocenters. The normalized spacial score (nSPS) is 15.5. The lowest BCUT2D eigenvalue weighted by Crippen LogP contribution is -2.33. The van der Waals surface area contributed by atoms with Gasteiger partial charge in [0.25, 0.3) is 0 Å². The van der Waals surface area contributed by atoms with Crippen LogP contribution in [0.1, 0.15) is 66.8 Å². The first kappa shape index (κ1) is 22.3. The second-order valence-corrected chi connectivity index (χ2v) is 8.95. The van der Waals surface area contributed by atoms with Gasteiger partial charge in [-0.3, -0.25) is 9.88 Å². The van der Waals surface area contributed by atoms with Gasteiger partial charge in [-0.15, -0.1) is 5.10 Å². The number of benzene rings is 2. The van der Waals surface area contributed by atoms with Gasteiger partial charge in [-0.25, -0.2) is 9.07 Å². The number of aromatic nitrogens is 5. The van der Waals surface area contributed by atoms with E-state index in [4.69, 9.17) is 4.98 Å². The predicted octanol–water partition coefficient (Wildman–Crippen LogP) is 5.50. The van der Waals surface area contributed by atoms with E-state index in [-0.39, 0.29) is 11.9 Å². The van der Waals surface area contributed by atoms with Gasteiger partial charge in [0.15, 0.2) is 5.82 Å². The SMILES string of the molecule is Fc1ccc(CN(Cc2ccccc2)[C@H](c2ccccn2)c2nnnn2C2CCCCC2)cc1. The highest BCUT2D eigenvalue weighted by molar-refractivity contribution is 5.23. The maximum atomic E-state index is 13.6. The fourth-order valence-corrected chi connectivity index (χ4v) is 4.87. The molecule has 0 bridgehead atoms. The van der Waals surface area contributed by atoms with E-state index >= 15 is 0 Å². The molecule has 0 saturated heterocycles. The molecule has 2 heterocycles.